The summed E-state index contributed by atoms with van der Waals surface area (Å²) >= 11 is 0. The van der Waals surface area contributed by atoms with Crippen LogP contribution in [0, 0.1) is 11.7 Å². The number of halogens is 1. The van der Waals surface area contributed by atoms with Gasteiger partial charge in [0, 0.05) is 6.92 Å². The van der Waals surface area contributed by atoms with Gasteiger partial charge in [0.1, 0.15) is 5.82 Å². The number of carbonyl (C=O) groups excluding carboxylic acids is 1. The van der Waals surface area contributed by atoms with E-state index in [0.29, 0.717) is 17.6 Å². The van der Waals surface area contributed by atoms with Crippen LogP contribution in [0.5, 0.6) is 0 Å². The van der Waals surface area contributed by atoms with Gasteiger partial charge >= 0.3 is 0 Å². The van der Waals surface area contributed by atoms with Crippen LogP contribution >= 0.6 is 0 Å². The molecule has 0 spiro atoms. The summed E-state index contributed by atoms with van der Waals surface area (Å²) in [5, 5.41) is 6.85. The fraction of sp³-hybridized carbons (Fsp3) is 0.471. The van der Waals surface area contributed by atoms with E-state index in [0.717, 1.165) is 18.4 Å². The lowest BCUT2D eigenvalue weighted by atomic mass is 9.94. The Bertz CT molecular complexity index is 705. The molecule has 23 heavy (non-hydrogen) atoms. The van der Waals surface area contributed by atoms with Gasteiger partial charge in [0.2, 0.25) is 11.8 Å². The molecule has 1 aromatic carbocycles. The van der Waals surface area contributed by atoms with Crippen molar-refractivity contribution in [2.45, 2.75) is 45.1 Å². The molecule has 1 fully saturated rings. The van der Waals surface area contributed by atoms with E-state index in [4.69, 9.17) is 4.52 Å². The molecule has 0 radical (unpaired) electrons. The summed E-state index contributed by atoms with van der Waals surface area (Å²) in [6.45, 7) is 5.11. The highest BCUT2D eigenvalue weighted by atomic mass is 19.1. The number of benzene rings is 1. The van der Waals surface area contributed by atoms with Gasteiger partial charge in [-0.2, -0.15) is 4.98 Å². The minimum Gasteiger partial charge on any atom is -0.344 e. The number of nitrogens with zero attached hydrogens (tertiary/aromatic N) is 2. The maximum atomic E-state index is 13.2. The first-order chi connectivity index (χ1) is 10.9. The molecule has 0 bridgehead atoms. The molecule has 2 aromatic rings. The minimum atomic E-state index is -0.704. The van der Waals surface area contributed by atoms with Crippen LogP contribution in [-0.4, -0.2) is 16.0 Å². The summed E-state index contributed by atoms with van der Waals surface area (Å²) in [7, 11) is 0. The molecule has 1 amide bonds. The maximum Gasteiger partial charge on any atom is 0.234 e. The zero-order chi connectivity index (χ0) is 16.6. The lowest BCUT2D eigenvalue weighted by molar-refractivity contribution is -0.120. The molecule has 1 saturated carbocycles. The largest absolute Gasteiger partial charge is 0.344 e. The zero-order valence-corrected chi connectivity index (χ0v) is 13.5. The van der Waals surface area contributed by atoms with Crippen molar-refractivity contribution in [3.8, 4) is 0 Å². The minimum absolute atomic E-state index is 0.0232. The highest BCUT2D eigenvalue weighted by Crippen LogP contribution is 2.46. The first kappa shape index (κ1) is 15.6. The first-order valence-corrected chi connectivity index (χ1v) is 7.75. The van der Waals surface area contributed by atoms with E-state index in [-0.39, 0.29) is 17.6 Å². The Morgan fingerprint density at radius 3 is 2.57 bits per heavy atom. The second-order valence-electron chi connectivity index (χ2n) is 6.63. The molecule has 1 unspecified atom stereocenters. The second kappa shape index (κ2) is 5.76. The van der Waals surface area contributed by atoms with Gasteiger partial charge < -0.3 is 9.84 Å². The molecule has 1 atom stereocenters. The lowest BCUT2D eigenvalue weighted by Crippen LogP contribution is -2.40. The molecule has 1 aromatic heterocycles. The van der Waals surface area contributed by atoms with Gasteiger partial charge in [-0.05, 0) is 50.3 Å². The third kappa shape index (κ3) is 3.41. The quantitative estimate of drug-likeness (QED) is 0.920. The molecule has 0 saturated heterocycles. The summed E-state index contributed by atoms with van der Waals surface area (Å²) in [4.78, 5) is 15.8. The molecule has 1 aliphatic carbocycles. The van der Waals surface area contributed by atoms with Gasteiger partial charge in [0.05, 0.1) is 11.5 Å². The monoisotopic (exact) mass is 317 g/mol. The standard InChI is InChI=1S/C17H20FN3O2/c1-10(22)20-17(2,3)16-19-15(23-21-16)14(11-4-5-11)12-6-8-13(18)9-7-12/h6-9,11,14H,4-5H2,1-3H3,(H,20,22). The zero-order valence-electron chi connectivity index (χ0n) is 13.5. The first-order valence-electron chi connectivity index (χ1n) is 7.75. The molecular formula is C17H20FN3O2. The lowest BCUT2D eigenvalue weighted by Gasteiger charge is -2.21. The van der Waals surface area contributed by atoms with Gasteiger partial charge in [-0.15, -0.1) is 0 Å². The van der Waals surface area contributed by atoms with Crippen LogP contribution < -0.4 is 5.32 Å². The molecule has 3 rings (SSSR count). The summed E-state index contributed by atoms with van der Waals surface area (Å²) in [6, 6.07) is 6.43. The Labute approximate surface area is 134 Å². The molecule has 1 heterocycles. The van der Waals surface area contributed by atoms with E-state index in [1.54, 1.807) is 12.1 Å². The predicted octanol–water partition coefficient (Wildman–Crippen LogP) is 3.12. The van der Waals surface area contributed by atoms with Crippen molar-refractivity contribution in [2.75, 3.05) is 0 Å². The van der Waals surface area contributed by atoms with Gasteiger partial charge in [-0.1, -0.05) is 17.3 Å². The second-order valence-corrected chi connectivity index (χ2v) is 6.63. The van der Waals surface area contributed by atoms with Crippen molar-refractivity contribution in [2.24, 2.45) is 5.92 Å². The summed E-state index contributed by atoms with van der Waals surface area (Å²) in [5.74, 6) is 0.963. The van der Waals surface area contributed by atoms with E-state index < -0.39 is 5.54 Å². The van der Waals surface area contributed by atoms with Gasteiger partial charge in [0.25, 0.3) is 0 Å². The number of nitrogens with one attached hydrogen (secondary N) is 1. The predicted molar refractivity (Wildman–Crippen MR) is 82.1 cm³/mol. The average molecular weight is 317 g/mol. The van der Waals surface area contributed by atoms with Gasteiger partial charge in [-0.25, -0.2) is 4.39 Å². The number of hydrogen-bond acceptors (Lipinski definition) is 4. The Hall–Kier alpha value is -2.24. The third-order valence-electron chi connectivity index (χ3n) is 4.08. The normalized spacial score (nSPS) is 16.2. The average Bonchev–Trinajstić information content (AvgIpc) is 3.16. The molecule has 1 N–H and O–H groups in total. The Morgan fingerprint density at radius 1 is 1.35 bits per heavy atom. The van der Waals surface area contributed by atoms with Crippen LogP contribution in [0.25, 0.3) is 0 Å². The van der Waals surface area contributed by atoms with E-state index in [1.807, 2.05) is 13.8 Å². The maximum absolute atomic E-state index is 13.2. The van der Waals surface area contributed by atoms with Crippen molar-refractivity contribution in [1.29, 1.82) is 0 Å². The Balaban J connectivity index is 1.90. The molecule has 6 heteroatoms. The Morgan fingerprint density at radius 2 is 2.00 bits per heavy atom. The fourth-order valence-electron chi connectivity index (χ4n) is 2.83. The highest BCUT2D eigenvalue weighted by molar-refractivity contribution is 5.73. The van der Waals surface area contributed by atoms with Gasteiger partial charge in [-0.3, -0.25) is 4.79 Å². The molecule has 0 aliphatic heterocycles. The molecule has 1 aliphatic rings. The summed E-state index contributed by atoms with van der Waals surface area (Å²) < 4.78 is 18.6. The van der Waals surface area contributed by atoms with E-state index in [1.165, 1.54) is 19.1 Å². The van der Waals surface area contributed by atoms with Crippen molar-refractivity contribution in [1.82, 2.24) is 15.5 Å². The third-order valence-corrected chi connectivity index (χ3v) is 4.08. The number of amides is 1. The van der Waals surface area contributed by atoms with Crippen LogP contribution in [0.2, 0.25) is 0 Å². The van der Waals surface area contributed by atoms with Crippen LogP contribution in [0.15, 0.2) is 28.8 Å². The summed E-state index contributed by atoms with van der Waals surface area (Å²) in [6.07, 6.45) is 2.18. The number of hydrogen-bond donors (Lipinski definition) is 1. The van der Waals surface area contributed by atoms with E-state index in [2.05, 4.69) is 15.5 Å². The Kier molecular flexibility index (Phi) is 3.92. The van der Waals surface area contributed by atoms with Crippen LogP contribution in [0.4, 0.5) is 4.39 Å². The van der Waals surface area contributed by atoms with Crippen molar-refractivity contribution < 1.29 is 13.7 Å². The SMILES string of the molecule is CC(=O)NC(C)(C)c1noc(C(c2ccc(F)cc2)C2CC2)n1. The van der Waals surface area contributed by atoms with Crippen molar-refractivity contribution >= 4 is 5.91 Å². The van der Waals surface area contributed by atoms with Crippen LogP contribution in [0.1, 0.15) is 56.8 Å². The van der Waals surface area contributed by atoms with E-state index in [9.17, 15) is 9.18 Å². The summed E-state index contributed by atoms with van der Waals surface area (Å²) in [5.41, 5.74) is 0.270. The number of aromatic nitrogens is 2. The van der Waals surface area contributed by atoms with E-state index >= 15 is 0 Å². The number of rotatable bonds is 5. The molecular weight excluding hydrogens is 297 g/mol. The van der Waals surface area contributed by atoms with Gasteiger partial charge in [0.15, 0.2) is 5.82 Å². The van der Waals surface area contributed by atoms with Crippen molar-refractivity contribution in [3.05, 3.63) is 47.4 Å². The topological polar surface area (TPSA) is 68.0 Å². The van der Waals surface area contributed by atoms with Crippen LogP contribution in [0.3, 0.4) is 0 Å². The number of carbonyl (C=O) groups is 1. The fourth-order valence-corrected chi connectivity index (χ4v) is 2.83. The smallest absolute Gasteiger partial charge is 0.234 e. The molecule has 122 valence electrons. The molecule has 5 nitrogen and oxygen atoms in total. The van der Waals surface area contributed by atoms with Crippen molar-refractivity contribution in [3.63, 3.8) is 0 Å². The van der Waals surface area contributed by atoms with Crippen LogP contribution in [-0.2, 0) is 10.3 Å². The highest BCUT2D eigenvalue weighted by Gasteiger charge is 2.38.